The zero-order chi connectivity index (χ0) is 66.7. The van der Waals surface area contributed by atoms with E-state index in [2.05, 4.69) is 39.8 Å². The number of hydrogen-bond acceptors (Lipinski definition) is 16. The predicted octanol–water partition coefficient (Wildman–Crippen LogP) is 12.3. The number of carboxylic acids is 1. The Balaban J connectivity index is 0.000000229. The average Bonchev–Trinajstić information content (AvgIpc) is 1.41. The Hall–Kier alpha value is -9.87. The van der Waals surface area contributed by atoms with E-state index < -0.39 is 81.0 Å². The predicted molar refractivity (Wildman–Crippen MR) is 335 cm³/mol. The molecule has 91 heavy (non-hydrogen) atoms. The lowest BCUT2D eigenvalue weighted by Gasteiger charge is -2.04. The number of nitrogens with one attached hydrogen (secondary N) is 4. The van der Waals surface area contributed by atoms with Gasteiger partial charge in [0.15, 0.2) is 34.9 Å². The number of hydrogen-bond donors (Lipinski definition) is 9. The molecule has 12 N–H and O–H groups in total. The van der Waals surface area contributed by atoms with Gasteiger partial charge in [-0.15, -0.1) is 12.4 Å². The normalized spacial score (nSPS) is 10.7. The number of nitrogens with two attached hydrogens (primary N) is 3. The number of aromatic nitrogens is 5. The molecule has 6 aromatic carbocycles. The molecule has 0 aliphatic carbocycles. The lowest BCUT2D eigenvalue weighted by molar-refractivity contribution is -0.112. The number of carbonyl (C=O) groups is 4. The van der Waals surface area contributed by atoms with Crippen LogP contribution in [0.25, 0.3) is 33.2 Å². The number of oxime groups is 1. The lowest BCUT2D eigenvalue weighted by atomic mass is 10.1. The molecule has 1 amide bonds. The number of Topliss-reactive ketones (excluding diaryl/α,β-unsaturated/α-hetero) is 2. The fraction of sp³-hybridized carbons (Fsp3) is 0.0175. The van der Waals surface area contributed by atoms with Gasteiger partial charge in [-0.05, 0) is 96.6 Å². The number of ketones is 2. The van der Waals surface area contributed by atoms with Gasteiger partial charge in [0.25, 0.3) is 17.2 Å². The number of nitrogens with zero attached hydrogens (tertiary/aromatic N) is 4. The first kappa shape index (κ1) is 73.6. The Morgan fingerprint density at radius 2 is 1.21 bits per heavy atom. The van der Waals surface area contributed by atoms with Crippen molar-refractivity contribution in [2.24, 2.45) is 10.9 Å². The summed E-state index contributed by atoms with van der Waals surface area (Å²) in [5, 5.41) is 27.8. The molecular formula is C57H38Cl7F6N11O10. The van der Waals surface area contributed by atoms with Gasteiger partial charge < -0.3 is 42.2 Å². The van der Waals surface area contributed by atoms with Crippen molar-refractivity contribution in [3.05, 3.63) is 253 Å². The van der Waals surface area contributed by atoms with Crippen molar-refractivity contribution < 1.29 is 60.3 Å². The van der Waals surface area contributed by atoms with Gasteiger partial charge in [-0.25, -0.2) is 45.7 Å². The molecule has 0 fully saturated rings. The maximum absolute atomic E-state index is 13.9. The van der Waals surface area contributed by atoms with Gasteiger partial charge in [-0.3, -0.25) is 39.5 Å². The van der Waals surface area contributed by atoms with Crippen LogP contribution in [0, 0.1) is 40.3 Å². The largest absolute Gasteiger partial charge is 0.478 e. The van der Waals surface area contributed by atoms with E-state index in [1.54, 1.807) is 55.0 Å². The van der Waals surface area contributed by atoms with Gasteiger partial charge >= 0.3 is 17.4 Å². The molecule has 0 spiro atoms. The van der Waals surface area contributed by atoms with Crippen LogP contribution in [-0.2, 0) is 16.0 Å². The van der Waals surface area contributed by atoms with Crippen LogP contribution in [0.2, 0.25) is 30.1 Å². The van der Waals surface area contributed by atoms with Gasteiger partial charge in [0, 0.05) is 42.3 Å². The van der Waals surface area contributed by atoms with Crippen molar-refractivity contribution >= 4 is 156 Å². The number of carboxylic acid groups (broad SMARTS) is 1. The van der Waals surface area contributed by atoms with Crippen molar-refractivity contribution in [3.63, 3.8) is 0 Å². The fourth-order valence-corrected chi connectivity index (χ4v) is 7.84. The molecule has 11 rings (SSSR count). The Bertz CT molecular complexity index is 4560. The van der Waals surface area contributed by atoms with Crippen LogP contribution in [0.15, 0.2) is 158 Å². The molecular weight excluding hydrogens is 1360 g/mol. The molecule has 472 valence electrons. The Morgan fingerprint density at radius 3 is 1.78 bits per heavy atom. The van der Waals surface area contributed by atoms with Crippen LogP contribution in [0.3, 0.4) is 0 Å². The minimum Gasteiger partial charge on any atom is -0.478 e. The number of H-pyrrole nitrogens is 2. The second kappa shape index (κ2) is 34.2. The highest BCUT2D eigenvalue weighted by molar-refractivity contribution is 6.52. The molecule has 34 heteroatoms. The van der Waals surface area contributed by atoms with Crippen LogP contribution in [-0.4, -0.2) is 70.7 Å². The number of rotatable bonds is 6. The summed E-state index contributed by atoms with van der Waals surface area (Å²) < 4.78 is 83.1. The summed E-state index contributed by atoms with van der Waals surface area (Å²) in [7, 11) is 0. The van der Waals surface area contributed by atoms with Crippen LogP contribution in [0.5, 0.6) is 0 Å². The minimum absolute atomic E-state index is 0. The van der Waals surface area contributed by atoms with Crippen LogP contribution >= 0.6 is 82.0 Å². The summed E-state index contributed by atoms with van der Waals surface area (Å²) in [6.07, 6.45) is 6.89. The molecule has 10 aromatic rings. The topological polar surface area (TPSA) is 370 Å². The first-order valence-corrected chi connectivity index (χ1v) is 26.5. The summed E-state index contributed by atoms with van der Waals surface area (Å²) in [5.74, 6) is -8.37. The highest BCUT2D eigenvalue weighted by Gasteiger charge is 2.31. The molecule has 0 saturated heterocycles. The van der Waals surface area contributed by atoms with Crippen molar-refractivity contribution in [3.8, 4) is 11.4 Å². The molecule has 0 bridgehead atoms. The molecule has 1 aliphatic rings. The van der Waals surface area contributed by atoms with E-state index in [9.17, 15) is 59.9 Å². The second-order valence-corrected chi connectivity index (χ2v) is 19.5. The van der Waals surface area contributed by atoms with E-state index in [1.165, 1.54) is 66.9 Å². The summed E-state index contributed by atoms with van der Waals surface area (Å²) in [6.45, 7) is 0. The summed E-state index contributed by atoms with van der Waals surface area (Å²) in [5.41, 5.74) is 14.6. The molecule has 0 unspecified atom stereocenters. The number of amides is 1. The number of aromatic amines is 2. The third-order valence-electron chi connectivity index (χ3n) is 11.1. The first-order chi connectivity index (χ1) is 42.6. The molecule has 5 heterocycles. The highest BCUT2D eigenvalue weighted by atomic mass is 35.5. The third-order valence-corrected chi connectivity index (χ3v) is 12.9. The quantitative estimate of drug-likeness (QED) is 0.0142. The van der Waals surface area contributed by atoms with Gasteiger partial charge in [-0.1, -0.05) is 93.0 Å². The number of pyridine rings is 2. The van der Waals surface area contributed by atoms with E-state index in [0.29, 0.717) is 11.1 Å². The number of fused-ring (bicyclic) bond motifs is 3. The van der Waals surface area contributed by atoms with Gasteiger partial charge in [0.05, 0.1) is 74.6 Å². The van der Waals surface area contributed by atoms with Crippen LogP contribution in [0.4, 0.5) is 43.4 Å². The third kappa shape index (κ3) is 19.8. The summed E-state index contributed by atoms with van der Waals surface area (Å²) >= 11 is 32.8. The van der Waals surface area contributed by atoms with Crippen LogP contribution in [0.1, 0.15) is 31.8 Å². The maximum atomic E-state index is 13.9. The first-order valence-electron chi connectivity index (χ1n) is 24.2. The summed E-state index contributed by atoms with van der Waals surface area (Å²) in [4.78, 5) is 93.4. The second-order valence-electron chi connectivity index (χ2n) is 17.1. The van der Waals surface area contributed by atoms with Crippen molar-refractivity contribution in [1.82, 2.24) is 24.9 Å². The number of carbonyl (C=O) groups excluding carboxylic acids is 3. The van der Waals surface area contributed by atoms with E-state index in [0.717, 1.165) is 18.3 Å². The van der Waals surface area contributed by atoms with Crippen molar-refractivity contribution in [2.45, 2.75) is 6.42 Å². The Morgan fingerprint density at radius 1 is 0.648 bits per heavy atom. The monoisotopic (exact) mass is 1400 g/mol. The zero-order valence-corrected chi connectivity index (χ0v) is 50.5. The van der Waals surface area contributed by atoms with E-state index in [4.69, 9.17) is 103 Å². The van der Waals surface area contributed by atoms with Gasteiger partial charge in [-0.2, -0.15) is 0 Å². The maximum Gasteiger partial charge on any atom is 0.419 e. The number of nitrogen functional groups attached to an aromatic ring is 3. The lowest BCUT2D eigenvalue weighted by Crippen LogP contribution is -2.15. The van der Waals surface area contributed by atoms with Gasteiger partial charge in [0.2, 0.25) is 0 Å². The number of anilines is 3. The molecule has 4 aromatic heterocycles. The molecule has 0 saturated carbocycles. The smallest absolute Gasteiger partial charge is 0.419 e. The molecule has 21 nitrogen and oxygen atoms in total. The zero-order valence-electron chi connectivity index (χ0n) is 45.1. The molecule has 0 radical (unpaired) electrons. The number of halogens is 13. The number of aromatic carboxylic acids is 1. The highest BCUT2D eigenvalue weighted by Crippen LogP contribution is 2.31. The van der Waals surface area contributed by atoms with Crippen LogP contribution < -0.4 is 39.5 Å². The van der Waals surface area contributed by atoms with E-state index in [-0.39, 0.29) is 110 Å². The van der Waals surface area contributed by atoms with Crippen molar-refractivity contribution in [2.75, 3.05) is 16.8 Å². The van der Waals surface area contributed by atoms with E-state index >= 15 is 0 Å². The van der Waals surface area contributed by atoms with E-state index in [1.807, 2.05) is 0 Å². The number of benzene rings is 6. The molecule has 0 atom stereocenters. The number of amidine groups is 1. The fourth-order valence-electron chi connectivity index (χ4n) is 6.83. The Labute approximate surface area is 541 Å². The minimum atomic E-state index is -1.27. The Kier molecular flexibility index (Phi) is 27.7. The molecule has 1 aliphatic heterocycles. The van der Waals surface area contributed by atoms with Gasteiger partial charge in [0.1, 0.15) is 29.2 Å². The van der Waals surface area contributed by atoms with Crippen molar-refractivity contribution in [1.29, 1.82) is 5.41 Å². The standard InChI is InChI=1S/C13H7ClFN3O.C9H7ClFNO2.C8H3ClFNO3.C8H3ClFNO2.C7H5ClFNO2.C6H5ClFN.C6H7N3.ClH/c14-9-4-3-8-11(10(9)15)17-12(18-13(8)19)7-2-1-5-16-6-7;10-8-3-1-2-6(9(8)11)4-7(13)5-12-14;9-4-2-1-3-6(5(4)10)11-8(13)14-7(3)12;9-4-2-1-3-6(5(4)10)11-8(13)7(3)12;8-4-2-1-3(7(11)12)6(10)5(4)9;7-4-2-1-3-5(9)6(4)8;7-6(8)5-2-1-3-9-4-5;/h1-6H,(H,17,18,19);1-3,5,14H,4H2;1-2H,(H,11,13);1-2H,(H,11,12,13);1-2H,10H2,(H,11,12);1-3H,9H2;1-4H,(H3,7,8);1H/b;12-5+;;;;;;. The SMILES string of the molecule is Cl.N=C(N)c1cccnc1.Nc1c(C(=O)O)ccc(Cl)c1F.Nc1cccc(Cl)c1F.O=C(/C=N/O)Cc1cccc(Cl)c1F.O=C1Nc2c(ccc(Cl)c2F)C1=O.O=c1[nH]c(-c2cccnc2)nc2c(F)c(Cl)ccc12.O=c1[nH]c2c(F)c(Cl)ccc2c(=O)o1. The average molecular weight is 1400 g/mol. The summed E-state index contributed by atoms with van der Waals surface area (Å²) in [6, 6.07) is 26.0.